The Morgan fingerprint density at radius 1 is 1.00 bits per heavy atom. The first kappa shape index (κ1) is 17.2. The molecule has 0 fully saturated rings. The zero-order valence-electron chi connectivity index (χ0n) is 14.0. The zero-order chi connectivity index (χ0) is 16.8. The summed E-state index contributed by atoms with van der Waals surface area (Å²) >= 11 is 0. The highest BCUT2D eigenvalue weighted by atomic mass is 16.3. The van der Waals surface area contributed by atoms with Crippen LogP contribution in [0.1, 0.15) is 59.8 Å². The first-order valence-corrected chi connectivity index (χ1v) is 8.16. The fourth-order valence-electron chi connectivity index (χ4n) is 2.40. The predicted molar refractivity (Wildman–Crippen MR) is 93.6 cm³/mol. The molecule has 1 unspecified atom stereocenters. The third kappa shape index (κ3) is 4.67. The molecule has 0 radical (unpaired) electrons. The van der Waals surface area contributed by atoms with Crippen LogP contribution in [0.4, 0.5) is 0 Å². The van der Waals surface area contributed by atoms with Crippen LogP contribution in [0.2, 0.25) is 0 Å². The number of carbonyl (C=O) groups is 1. The van der Waals surface area contributed by atoms with Crippen molar-refractivity contribution in [2.45, 2.75) is 39.2 Å². The van der Waals surface area contributed by atoms with E-state index in [9.17, 15) is 9.90 Å². The monoisotopic (exact) mass is 311 g/mol. The van der Waals surface area contributed by atoms with Gasteiger partial charge in [0, 0.05) is 12.1 Å². The number of benzene rings is 2. The van der Waals surface area contributed by atoms with Crippen molar-refractivity contribution in [3.05, 3.63) is 70.8 Å². The Morgan fingerprint density at radius 2 is 1.57 bits per heavy atom. The summed E-state index contributed by atoms with van der Waals surface area (Å²) in [7, 11) is 0. The second kappa shape index (κ2) is 7.93. The van der Waals surface area contributed by atoms with Gasteiger partial charge in [-0.05, 0) is 41.2 Å². The molecule has 0 saturated carbocycles. The van der Waals surface area contributed by atoms with Crippen molar-refractivity contribution in [1.29, 1.82) is 0 Å². The Bertz CT molecular complexity index is 630. The number of aliphatic hydroxyl groups is 1. The molecule has 1 amide bonds. The Morgan fingerprint density at radius 3 is 2.09 bits per heavy atom. The summed E-state index contributed by atoms with van der Waals surface area (Å²) in [6, 6.07) is 15.4. The molecule has 1 atom stereocenters. The van der Waals surface area contributed by atoms with Crippen LogP contribution in [0.5, 0.6) is 0 Å². The highest BCUT2D eigenvalue weighted by molar-refractivity contribution is 5.94. The summed E-state index contributed by atoms with van der Waals surface area (Å²) in [4.78, 5) is 12.1. The highest BCUT2D eigenvalue weighted by Gasteiger charge is 2.11. The van der Waals surface area contributed by atoms with Crippen molar-refractivity contribution in [2.24, 2.45) is 0 Å². The lowest BCUT2D eigenvalue weighted by Gasteiger charge is -2.14. The first-order chi connectivity index (χ1) is 11.0. The lowest BCUT2D eigenvalue weighted by atomic mass is 10.00. The third-order valence-corrected chi connectivity index (χ3v) is 4.07. The van der Waals surface area contributed by atoms with Gasteiger partial charge >= 0.3 is 0 Å². The van der Waals surface area contributed by atoms with E-state index in [-0.39, 0.29) is 12.5 Å². The van der Waals surface area contributed by atoms with Crippen LogP contribution in [-0.2, 0) is 6.42 Å². The molecule has 0 aliphatic heterocycles. The van der Waals surface area contributed by atoms with E-state index in [0.717, 1.165) is 12.0 Å². The van der Waals surface area contributed by atoms with Crippen LogP contribution in [0.3, 0.4) is 0 Å². The molecule has 3 heteroatoms. The number of hydrogen-bond acceptors (Lipinski definition) is 2. The van der Waals surface area contributed by atoms with Gasteiger partial charge in [-0.15, -0.1) is 0 Å². The van der Waals surface area contributed by atoms with Gasteiger partial charge in [0.05, 0.1) is 6.10 Å². The fourth-order valence-corrected chi connectivity index (χ4v) is 2.40. The van der Waals surface area contributed by atoms with E-state index >= 15 is 0 Å². The third-order valence-electron chi connectivity index (χ3n) is 4.07. The smallest absolute Gasteiger partial charge is 0.251 e. The molecule has 3 nitrogen and oxygen atoms in total. The molecule has 0 aliphatic rings. The van der Waals surface area contributed by atoms with E-state index in [1.54, 1.807) is 0 Å². The van der Waals surface area contributed by atoms with Crippen molar-refractivity contribution in [2.75, 3.05) is 6.54 Å². The molecule has 2 N–H and O–H groups in total. The molecule has 23 heavy (non-hydrogen) atoms. The van der Waals surface area contributed by atoms with Crippen molar-refractivity contribution in [3.63, 3.8) is 0 Å². The van der Waals surface area contributed by atoms with E-state index in [4.69, 9.17) is 0 Å². The average molecular weight is 311 g/mol. The summed E-state index contributed by atoms with van der Waals surface area (Å²) < 4.78 is 0. The Labute approximate surface area is 138 Å². The lowest BCUT2D eigenvalue weighted by molar-refractivity contribution is 0.0916. The van der Waals surface area contributed by atoms with Crippen molar-refractivity contribution in [1.82, 2.24) is 5.32 Å². The Kier molecular flexibility index (Phi) is 5.94. The van der Waals surface area contributed by atoms with Gasteiger partial charge in [-0.1, -0.05) is 57.2 Å². The largest absolute Gasteiger partial charge is 0.387 e. The second-order valence-electron chi connectivity index (χ2n) is 6.10. The molecule has 0 aromatic heterocycles. The van der Waals surface area contributed by atoms with E-state index in [1.807, 2.05) is 48.5 Å². The topological polar surface area (TPSA) is 49.3 Å². The lowest BCUT2D eigenvalue weighted by Crippen LogP contribution is -2.28. The molecule has 0 spiro atoms. The number of rotatable bonds is 6. The summed E-state index contributed by atoms with van der Waals surface area (Å²) in [5.41, 5.74) is 3.87. The Balaban J connectivity index is 1.92. The van der Waals surface area contributed by atoms with Gasteiger partial charge in [0.15, 0.2) is 0 Å². The fraction of sp³-hybridized carbons (Fsp3) is 0.350. The molecule has 0 saturated heterocycles. The molecule has 0 aliphatic carbocycles. The molecule has 2 aromatic rings. The maximum atomic E-state index is 12.1. The van der Waals surface area contributed by atoms with Crippen LogP contribution < -0.4 is 5.32 Å². The van der Waals surface area contributed by atoms with Gasteiger partial charge in [0.2, 0.25) is 0 Å². The number of aryl methyl sites for hydroxylation is 1. The molecular weight excluding hydrogens is 286 g/mol. The minimum Gasteiger partial charge on any atom is -0.387 e. The normalized spacial score (nSPS) is 12.2. The van der Waals surface area contributed by atoms with Gasteiger partial charge in [-0.2, -0.15) is 0 Å². The number of amides is 1. The maximum Gasteiger partial charge on any atom is 0.251 e. The first-order valence-electron chi connectivity index (χ1n) is 8.16. The number of hydrogen-bond donors (Lipinski definition) is 2. The second-order valence-corrected chi connectivity index (χ2v) is 6.10. The average Bonchev–Trinajstić information content (AvgIpc) is 2.59. The maximum absolute atomic E-state index is 12.1. The number of nitrogens with one attached hydrogen (secondary N) is 1. The van der Waals surface area contributed by atoms with E-state index in [2.05, 4.69) is 26.1 Å². The van der Waals surface area contributed by atoms with Gasteiger partial charge in [-0.25, -0.2) is 0 Å². The van der Waals surface area contributed by atoms with E-state index < -0.39 is 6.10 Å². The predicted octanol–water partition coefficient (Wildman–Crippen LogP) is 3.84. The minimum absolute atomic E-state index is 0.162. The van der Waals surface area contributed by atoms with Gasteiger partial charge in [-0.3, -0.25) is 4.79 Å². The van der Waals surface area contributed by atoms with Crippen LogP contribution in [0.15, 0.2) is 48.5 Å². The molecule has 2 aromatic carbocycles. The number of carbonyl (C=O) groups excluding carboxylic acids is 1. The van der Waals surface area contributed by atoms with E-state index in [0.29, 0.717) is 11.5 Å². The van der Waals surface area contributed by atoms with Crippen LogP contribution in [0.25, 0.3) is 0 Å². The van der Waals surface area contributed by atoms with Gasteiger partial charge in [0.1, 0.15) is 0 Å². The van der Waals surface area contributed by atoms with Crippen LogP contribution in [-0.4, -0.2) is 17.6 Å². The summed E-state index contributed by atoms with van der Waals surface area (Å²) in [6.07, 6.45) is 0.252. The number of aliphatic hydroxyl groups excluding tert-OH is 1. The zero-order valence-corrected chi connectivity index (χ0v) is 14.0. The standard InChI is InChI=1S/C20H25NO2/c1-4-15-5-7-18(8-6-15)20(23)21-13-19(22)17-11-9-16(10-12-17)14(2)3/h5-12,14,19,22H,4,13H2,1-3H3,(H,21,23). The summed E-state index contributed by atoms with van der Waals surface area (Å²) in [6.45, 7) is 6.55. The molecule has 0 heterocycles. The summed E-state index contributed by atoms with van der Waals surface area (Å²) in [5.74, 6) is 0.303. The summed E-state index contributed by atoms with van der Waals surface area (Å²) in [5, 5.41) is 13.0. The molecular formula is C20H25NO2. The highest BCUT2D eigenvalue weighted by Crippen LogP contribution is 2.18. The van der Waals surface area contributed by atoms with Crippen molar-refractivity contribution >= 4 is 5.91 Å². The van der Waals surface area contributed by atoms with Crippen molar-refractivity contribution in [3.8, 4) is 0 Å². The van der Waals surface area contributed by atoms with Crippen LogP contribution in [0, 0.1) is 0 Å². The van der Waals surface area contributed by atoms with Gasteiger partial charge < -0.3 is 10.4 Å². The quantitative estimate of drug-likeness (QED) is 0.851. The minimum atomic E-state index is -0.699. The Hall–Kier alpha value is -2.13. The van der Waals surface area contributed by atoms with Gasteiger partial charge in [0.25, 0.3) is 5.91 Å². The van der Waals surface area contributed by atoms with Crippen molar-refractivity contribution < 1.29 is 9.90 Å². The van der Waals surface area contributed by atoms with Crippen LogP contribution >= 0.6 is 0 Å². The van der Waals surface area contributed by atoms with E-state index in [1.165, 1.54) is 11.1 Å². The molecule has 2 rings (SSSR count). The SMILES string of the molecule is CCc1ccc(C(=O)NCC(O)c2ccc(C(C)C)cc2)cc1. The molecule has 0 bridgehead atoms. The molecule has 122 valence electrons.